The first-order valence-corrected chi connectivity index (χ1v) is 23.8. The Hall–Kier alpha value is -5.35. The molecule has 16 heteroatoms. The SMILES string of the molecule is CN[C@@H](C)C(=O)N[C@H](C(=O)N1CCC[C@H]1C(=O)N[C@@H]1CCCc2c(NC(=O)c3cccc4c3CCC[C@H]4NC(=O)[C@@H]3CCCN3C(=O)[C@@H](NC(=O)[C@H](C)NC)C(C)C)cccc21)C(C)C. The van der Waals surface area contributed by atoms with Crippen LogP contribution in [-0.4, -0.2) is 115 Å². The summed E-state index contributed by atoms with van der Waals surface area (Å²) in [5.41, 5.74) is 4.86. The van der Waals surface area contributed by atoms with E-state index in [0.29, 0.717) is 75.7 Å². The number of hydrogen-bond donors (Lipinski definition) is 7. The molecule has 8 atom stereocenters. The first kappa shape index (κ1) is 49.1. The number of hydrogen-bond acceptors (Lipinski definition) is 9. The van der Waals surface area contributed by atoms with Crippen LogP contribution in [0.1, 0.15) is 138 Å². The second kappa shape index (κ2) is 21.8. The van der Waals surface area contributed by atoms with Gasteiger partial charge in [-0.1, -0.05) is 52.0 Å². The van der Waals surface area contributed by atoms with Gasteiger partial charge in [-0.25, -0.2) is 0 Å². The van der Waals surface area contributed by atoms with Crippen LogP contribution in [0.3, 0.4) is 0 Å². The van der Waals surface area contributed by atoms with Gasteiger partial charge in [-0.05, 0) is 138 Å². The van der Waals surface area contributed by atoms with E-state index in [4.69, 9.17) is 0 Å². The van der Waals surface area contributed by atoms with Crippen LogP contribution >= 0.6 is 0 Å². The zero-order chi connectivity index (χ0) is 47.1. The monoisotopic (exact) mass is 898 g/mol. The Morgan fingerprint density at radius 2 is 1.02 bits per heavy atom. The van der Waals surface area contributed by atoms with Crippen molar-refractivity contribution in [3.63, 3.8) is 0 Å². The molecule has 0 saturated carbocycles. The standard InChI is InChI=1S/C49H71N9O7/c1-27(2)41(55-43(59)29(5)50-7)48(64)57-25-13-23-39(57)46(62)53-36-20-10-15-31-32(36)16-9-19-35(31)45(61)52-37-21-11-18-34-33(37)17-12-22-38(34)54-47(63)40-24-14-26-58(40)49(65)42(28(3)4)56-44(60)30(6)51-8/h9,11,16,18-19,21,27-30,36,38-42,50-51H,10,12-15,17,20,22-26H2,1-8H3,(H,52,61)(H,53,62)(H,54,63)(H,55,59)(H,56,60)/t29-,30-,36+,38+,39-,40-,41-,42-/m0/s1. The van der Waals surface area contributed by atoms with Crippen molar-refractivity contribution in [2.75, 3.05) is 32.5 Å². The Labute approximate surface area is 383 Å². The van der Waals surface area contributed by atoms with Gasteiger partial charge in [-0.3, -0.25) is 33.6 Å². The van der Waals surface area contributed by atoms with Crippen molar-refractivity contribution in [2.45, 2.75) is 154 Å². The normalized spacial score (nSPS) is 22.2. The molecule has 2 fully saturated rings. The third kappa shape index (κ3) is 11.0. The molecule has 16 nitrogen and oxygen atoms in total. The topological polar surface area (TPSA) is 210 Å². The van der Waals surface area contributed by atoms with Crippen LogP contribution in [0.25, 0.3) is 0 Å². The summed E-state index contributed by atoms with van der Waals surface area (Å²) in [5, 5.41) is 21.3. The lowest BCUT2D eigenvalue weighted by Crippen LogP contribution is -2.57. The molecule has 6 rings (SSSR count). The van der Waals surface area contributed by atoms with Gasteiger partial charge >= 0.3 is 0 Å². The highest BCUT2D eigenvalue weighted by Gasteiger charge is 2.42. The summed E-state index contributed by atoms with van der Waals surface area (Å²) in [4.78, 5) is 98.7. The Bertz CT molecular complexity index is 2110. The average molecular weight is 898 g/mol. The maximum atomic E-state index is 14.2. The van der Waals surface area contributed by atoms with Gasteiger partial charge in [-0.15, -0.1) is 0 Å². The predicted molar refractivity (Wildman–Crippen MR) is 249 cm³/mol. The molecular weight excluding hydrogens is 827 g/mol. The van der Waals surface area contributed by atoms with Gasteiger partial charge < -0.3 is 47.0 Å². The van der Waals surface area contributed by atoms with Crippen LogP contribution in [0.2, 0.25) is 0 Å². The van der Waals surface area contributed by atoms with E-state index in [0.717, 1.165) is 35.1 Å². The van der Waals surface area contributed by atoms with Gasteiger partial charge in [0.05, 0.1) is 24.2 Å². The van der Waals surface area contributed by atoms with Crippen molar-refractivity contribution in [2.24, 2.45) is 11.8 Å². The quantitative estimate of drug-likeness (QED) is 0.132. The lowest BCUT2D eigenvalue weighted by atomic mass is 9.84. The molecule has 2 aromatic rings. The van der Waals surface area contributed by atoms with Crippen molar-refractivity contribution in [3.8, 4) is 0 Å². The molecular formula is C49H71N9O7. The zero-order valence-electron chi connectivity index (χ0n) is 39.5. The molecule has 2 aliphatic heterocycles. The van der Waals surface area contributed by atoms with Gasteiger partial charge in [-0.2, -0.15) is 0 Å². The molecule has 0 spiro atoms. The number of rotatable bonds is 16. The van der Waals surface area contributed by atoms with Gasteiger partial charge in [0.1, 0.15) is 24.2 Å². The van der Waals surface area contributed by atoms with E-state index in [2.05, 4.69) is 37.2 Å². The summed E-state index contributed by atoms with van der Waals surface area (Å²) in [5.74, 6) is -2.15. The van der Waals surface area contributed by atoms with Gasteiger partial charge in [0, 0.05) is 24.3 Å². The van der Waals surface area contributed by atoms with Crippen LogP contribution in [0.15, 0.2) is 36.4 Å². The Balaban J connectivity index is 1.13. The van der Waals surface area contributed by atoms with E-state index in [1.165, 1.54) is 0 Å². The van der Waals surface area contributed by atoms with Crippen molar-refractivity contribution < 1.29 is 33.6 Å². The number of nitrogens with one attached hydrogen (secondary N) is 7. The largest absolute Gasteiger partial charge is 0.347 e. The van der Waals surface area contributed by atoms with Crippen molar-refractivity contribution >= 4 is 47.0 Å². The van der Waals surface area contributed by atoms with Crippen LogP contribution < -0.4 is 37.2 Å². The molecule has 7 amide bonds. The van der Waals surface area contributed by atoms with Crippen molar-refractivity contribution in [1.29, 1.82) is 0 Å². The molecule has 0 radical (unpaired) electrons. The minimum Gasteiger partial charge on any atom is -0.347 e. The van der Waals surface area contributed by atoms with Crippen molar-refractivity contribution in [3.05, 3.63) is 64.2 Å². The molecule has 0 aromatic heterocycles. The van der Waals surface area contributed by atoms with E-state index in [9.17, 15) is 33.6 Å². The fourth-order valence-electron chi connectivity index (χ4n) is 9.86. The minimum absolute atomic E-state index is 0.173. The molecule has 2 heterocycles. The van der Waals surface area contributed by atoms with Gasteiger partial charge in [0.25, 0.3) is 5.91 Å². The third-order valence-electron chi connectivity index (χ3n) is 13.9. The molecule has 2 saturated heterocycles. The van der Waals surface area contributed by atoms with Crippen molar-refractivity contribution in [1.82, 2.24) is 41.7 Å². The van der Waals surface area contributed by atoms with E-state index in [-0.39, 0.29) is 65.3 Å². The molecule has 2 aromatic carbocycles. The lowest BCUT2D eigenvalue weighted by molar-refractivity contribution is -0.142. The molecule has 2 aliphatic carbocycles. The molecule has 354 valence electrons. The minimum atomic E-state index is -0.763. The number of carbonyl (C=O) groups is 7. The number of nitrogens with zero attached hydrogens (tertiary/aromatic N) is 2. The Morgan fingerprint density at radius 3 is 1.48 bits per heavy atom. The number of carbonyl (C=O) groups excluding carboxylic acids is 7. The molecule has 0 bridgehead atoms. The van der Waals surface area contributed by atoms with E-state index in [1.54, 1.807) is 37.7 Å². The number of benzene rings is 2. The summed E-state index contributed by atoms with van der Waals surface area (Å²) < 4.78 is 0. The van der Waals surface area contributed by atoms with Crippen LogP contribution in [-0.2, 0) is 41.6 Å². The predicted octanol–water partition coefficient (Wildman–Crippen LogP) is 3.41. The van der Waals surface area contributed by atoms with Crippen LogP contribution in [0.5, 0.6) is 0 Å². The first-order valence-electron chi connectivity index (χ1n) is 23.8. The zero-order valence-corrected chi connectivity index (χ0v) is 39.5. The second-order valence-electron chi connectivity index (χ2n) is 19.0. The first-order chi connectivity index (χ1) is 31.1. The van der Waals surface area contributed by atoms with E-state index in [1.807, 2.05) is 64.1 Å². The number of fused-ring (bicyclic) bond motifs is 2. The highest BCUT2D eigenvalue weighted by Crippen LogP contribution is 2.37. The highest BCUT2D eigenvalue weighted by atomic mass is 16.2. The highest BCUT2D eigenvalue weighted by molar-refractivity contribution is 6.06. The Morgan fingerprint density at radius 1 is 0.569 bits per heavy atom. The smallest absolute Gasteiger partial charge is 0.255 e. The maximum absolute atomic E-state index is 14.2. The number of likely N-dealkylation sites (tertiary alicyclic amines) is 2. The molecule has 65 heavy (non-hydrogen) atoms. The number of anilines is 1. The third-order valence-corrected chi connectivity index (χ3v) is 13.9. The average Bonchev–Trinajstić information content (AvgIpc) is 4.00. The fraction of sp³-hybridized carbons (Fsp3) is 0.612. The van der Waals surface area contributed by atoms with Crippen LogP contribution in [0.4, 0.5) is 5.69 Å². The van der Waals surface area contributed by atoms with Gasteiger partial charge in [0.15, 0.2) is 0 Å². The number of amides is 7. The Kier molecular flexibility index (Phi) is 16.4. The lowest BCUT2D eigenvalue weighted by Gasteiger charge is -2.33. The summed E-state index contributed by atoms with van der Waals surface area (Å²) in [6, 6.07) is 6.93. The summed E-state index contributed by atoms with van der Waals surface area (Å²) in [6.45, 7) is 11.8. The summed E-state index contributed by atoms with van der Waals surface area (Å²) in [7, 11) is 3.37. The summed E-state index contributed by atoms with van der Waals surface area (Å²) >= 11 is 0. The number of likely N-dealkylation sites (N-methyl/N-ethyl adjacent to an activating group) is 2. The molecule has 7 N–H and O–H groups in total. The second-order valence-corrected chi connectivity index (χ2v) is 19.0. The van der Waals surface area contributed by atoms with E-state index < -0.39 is 36.3 Å². The summed E-state index contributed by atoms with van der Waals surface area (Å²) in [6.07, 6.45) is 6.74. The van der Waals surface area contributed by atoms with E-state index >= 15 is 0 Å². The van der Waals surface area contributed by atoms with Crippen LogP contribution in [0, 0.1) is 11.8 Å². The van der Waals surface area contributed by atoms with Gasteiger partial charge in [0.2, 0.25) is 35.4 Å². The molecule has 0 unspecified atom stereocenters. The maximum Gasteiger partial charge on any atom is 0.255 e. The molecule has 4 aliphatic rings. The fourth-order valence-corrected chi connectivity index (χ4v) is 9.86.